The number of carbonyl (C=O) groups excluding carboxylic acids is 1. The predicted octanol–water partition coefficient (Wildman–Crippen LogP) is 3.91. The third kappa shape index (κ3) is 4.49. The van der Waals surface area contributed by atoms with E-state index in [1.54, 1.807) is 6.92 Å². The van der Waals surface area contributed by atoms with E-state index in [4.69, 9.17) is 0 Å². The number of thioether (sulfide) groups is 1. The van der Waals surface area contributed by atoms with Crippen LogP contribution in [0.15, 0.2) is 41.3 Å². The molecule has 1 N–H and O–H groups in total. The molecule has 0 aliphatic heterocycles. The summed E-state index contributed by atoms with van der Waals surface area (Å²) < 4.78 is 25.9. The zero-order valence-corrected chi connectivity index (χ0v) is 12.8. The number of anilines is 1. The van der Waals surface area contributed by atoms with Gasteiger partial charge in [-0.15, -0.1) is 11.8 Å². The summed E-state index contributed by atoms with van der Waals surface area (Å²) in [5, 5.41) is 13.3. The van der Waals surface area contributed by atoms with Crippen molar-refractivity contribution in [2.24, 2.45) is 0 Å². The van der Waals surface area contributed by atoms with Gasteiger partial charge in [0.05, 0.1) is 16.4 Å². The molecule has 0 radical (unpaired) electrons. The van der Waals surface area contributed by atoms with Crippen molar-refractivity contribution in [3.05, 3.63) is 63.7 Å². The molecule has 2 rings (SSSR count). The molecule has 0 aromatic heterocycles. The van der Waals surface area contributed by atoms with E-state index < -0.39 is 22.5 Å². The number of non-ortho nitro benzene ring substituents is 1. The first kappa shape index (κ1) is 16.9. The highest BCUT2D eigenvalue weighted by molar-refractivity contribution is 8.00. The first-order valence-electron chi connectivity index (χ1n) is 6.49. The van der Waals surface area contributed by atoms with E-state index in [0.717, 1.165) is 23.9 Å². The van der Waals surface area contributed by atoms with Gasteiger partial charge >= 0.3 is 0 Å². The van der Waals surface area contributed by atoms with Gasteiger partial charge in [-0.05, 0) is 30.7 Å². The molecule has 1 amide bonds. The highest BCUT2D eigenvalue weighted by Crippen LogP contribution is 2.23. The summed E-state index contributed by atoms with van der Waals surface area (Å²) in [6, 6.07) is 7.52. The van der Waals surface area contributed by atoms with Gasteiger partial charge in [0.15, 0.2) is 11.6 Å². The van der Waals surface area contributed by atoms with E-state index in [0.29, 0.717) is 16.1 Å². The minimum absolute atomic E-state index is 0.0345. The van der Waals surface area contributed by atoms with E-state index in [2.05, 4.69) is 5.32 Å². The summed E-state index contributed by atoms with van der Waals surface area (Å²) in [7, 11) is 0. The van der Waals surface area contributed by atoms with Gasteiger partial charge in [-0.1, -0.05) is 6.07 Å². The number of hydrogen-bond acceptors (Lipinski definition) is 4. The van der Waals surface area contributed by atoms with Crippen LogP contribution in [0.3, 0.4) is 0 Å². The number of halogens is 2. The van der Waals surface area contributed by atoms with E-state index >= 15 is 0 Å². The van der Waals surface area contributed by atoms with Crippen molar-refractivity contribution in [1.29, 1.82) is 0 Å². The van der Waals surface area contributed by atoms with Crippen LogP contribution in [0.1, 0.15) is 5.56 Å². The van der Waals surface area contributed by atoms with Crippen molar-refractivity contribution in [3.8, 4) is 0 Å². The third-order valence-corrected chi connectivity index (χ3v) is 3.96. The van der Waals surface area contributed by atoms with Crippen LogP contribution in [0.5, 0.6) is 0 Å². The molecular formula is C15H12F2N2O3S. The quantitative estimate of drug-likeness (QED) is 0.510. The zero-order valence-electron chi connectivity index (χ0n) is 12.0. The number of aryl methyl sites for hydroxylation is 1. The Hall–Kier alpha value is -2.48. The summed E-state index contributed by atoms with van der Waals surface area (Å²) in [5.74, 6) is -2.37. The topological polar surface area (TPSA) is 72.2 Å². The SMILES string of the molecule is Cc1ccc([N+](=O)[O-])cc1NC(=O)CSc1ccc(F)c(F)c1. The summed E-state index contributed by atoms with van der Waals surface area (Å²) in [5.41, 5.74) is 0.899. The average Bonchev–Trinajstić information content (AvgIpc) is 2.50. The third-order valence-electron chi connectivity index (χ3n) is 2.97. The van der Waals surface area contributed by atoms with E-state index in [1.165, 1.54) is 24.3 Å². The maximum Gasteiger partial charge on any atom is 0.271 e. The maximum absolute atomic E-state index is 13.1. The van der Waals surface area contributed by atoms with Crippen molar-refractivity contribution in [2.45, 2.75) is 11.8 Å². The Labute approximate surface area is 134 Å². The van der Waals surface area contributed by atoms with E-state index in [1.807, 2.05) is 0 Å². The number of rotatable bonds is 5. The Bertz CT molecular complexity index is 768. The van der Waals surface area contributed by atoms with Crippen molar-refractivity contribution >= 4 is 29.0 Å². The second-order valence-electron chi connectivity index (χ2n) is 4.67. The molecule has 0 fully saturated rings. The first-order chi connectivity index (χ1) is 10.9. The minimum atomic E-state index is -0.982. The fourth-order valence-electron chi connectivity index (χ4n) is 1.76. The van der Waals surface area contributed by atoms with Gasteiger partial charge in [-0.3, -0.25) is 14.9 Å². The Kier molecular flexibility index (Phi) is 5.28. The van der Waals surface area contributed by atoms with Crippen molar-refractivity contribution in [3.63, 3.8) is 0 Å². The molecule has 2 aromatic rings. The summed E-state index contributed by atoms with van der Waals surface area (Å²) >= 11 is 1.03. The lowest BCUT2D eigenvalue weighted by atomic mass is 10.2. The van der Waals surface area contributed by atoms with Crippen LogP contribution in [0.4, 0.5) is 20.2 Å². The molecule has 23 heavy (non-hydrogen) atoms. The molecule has 0 unspecified atom stereocenters. The van der Waals surface area contributed by atoms with Crippen LogP contribution < -0.4 is 5.32 Å². The smallest absolute Gasteiger partial charge is 0.271 e. The first-order valence-corrected chi connectivity index (χ1v) is 7.48. The van der Waals surface area contributed by atoms with Gasteiger partial charge in [0.2, 0.25) is 5.91 Å². The van der Waals surface area contributed by atoms with Gasteiger partial charge in [0, 0.05) is 17.0 Å². The van der Waals surface area contributed by atoms with Crippen LogP contribution in [0, 0.1) is 28.7 Å². The van der Waals surface area contributed by atoms with Gasteiger partial charge in [-0.2, -0.15) is 0 Å². The molecule has 0 aliphatic carbocycles. The number of nitro groups is 1. The minimum Gasteiger partial charge on any atom is -0.325 e. The Balaban J connectivity index is 2.00. The lowest BCUT2D eigenvalue weighted by molar-refractivity contribution is -0.384. The Morgan fingerprint density at radius 3 is 2.61 bits per heavy atom. The maximum atomic E-state index is 13.1. The number of benzene rings is 2. The summed E-state index contributed by atoms with van der Waals surface area (Å²) in [4.78, 5) is 22.5. The summed E-state index contributed by atoms with van der Waals surface area (Å²) in [6.45, 7) is 1.71. The van der Waals surface area contributed by atoms with Crippen LogP contribution in [0.2, 0.25) is 0 Å². The second kappa shape index (κ2) is 7.19. The molecule has 0 aliphatic rings. The normalized spacial score (nSPS) is 10.4. The summed E-state index contributed by atoms with van der Waals surface area (Å²) in [6.07, 6.45) is 0. The Morgan fingerprint density at radius 2 is 1.96 bits per heavy atom. The lowest BCUT2D eigenvalue weighted by Gasteiger charge is -2.08. The lowest BCUT2D eigenvalue weighted by Crippen LogP contribution is -2.15. The Morgan fingerprint density at radius 1 is 1.22 bits per heavy atom. The fourth-order valence-corrected chi connectivity index (χ4v) is 2.48. The predicted molar refractivity (Wildman–Crippen MR) is 83.5 cm³/mol. The second-order valence-corrected chi connectivity index (χ2v) is 5.72. The highest BCUT2D eigenvalue weighted by Gasteiger charge is 2.12. The van der Waals surface area contributed by atoms with E-state index in [9.17, 15) is 23.7 Å². The van der Waals surface area contributed by atoms with Gasteiger partial charge in [-0.25, -0.2) is 8.78 Å². The zero-order chi connectivity index (χ0) is 17.0. The van der Waals surface area contributed by atoms with Crippen LogP contribution in [-0.2, 0) is 4.79 Å². The van der Waals surface area contributed by atoms with Gasteiger partial charge in [0.25, 0.3) is 5.69 Å². The largest absolute Gasteiger partial charge is 0.325 e. The molecule has 0 heterocycles. The average molecular weight is 338 g/mol. The fraction of sp³-hybridized carbons (Fsp3) is 0.133. The highest BCUT2D eigenvalue weighted by atomic mass is 32.2. The molecule has 0 spiro atoms. The monoisotopic (exact) mass is 338 g/mol. The van der Waals surface area contributed by atoms with Gasteiger partial charge in [0.1, 0.15) is 0 Å². The molecule has 0 saturated carbocycles. The molecule has 0 saturated heterocycles. The van der Waals surface area contributed by atoms with Crippen molar-refractivity contribution in [2.75, 3.05) is 11.1 Å². The van der Waals surface area contributed by atoms with Crippen LogP contribution >= 0.6 is 11.8 Å². The van der Waals surface area contributed by atoms with Crippen LogP contribution in [-0.4, -0.2) is 16.6 Å². The molecular weight excluding hydrogens is 326 g/mol. The molecule has 8 heteroatoms. The molecule has 0 bridgehead atoms. The number of nitrogens with one attached hydrogen (secondary N) is 1. The van der Waals surface area contributed by atoms with Crippen molar-refractivity contribution in [1.82, 2.24) is 0 Å². The molecule has 5 nitrogen and oxygen atoms in total. The number of hydrogen-bond donors (Lipinski definition) is 1. The van der Waals surface area contributed by atoms with Crippen molar-refractivity contribution < 1.29 is 18.5 Å². The van der Waals surface area contributed by atoms with Crippen LogP contribution in [0.25, 0.3) is 0 Å². The molecule has 0 atom stereocenters. The van der Waals surface area contributed by atoms with E-state index in [-0.39, 0.29) is 11.4 Å². The number of nitrogens with zero attached hydrogens (tertiary/aromatic N) is 1. The number of carbonyl (C=O) groups is 1. The van der Waals surface area contributed by atoms with Gasteiger partial charge < -0.3 is 5.32 Å². The molecule has 120 valence electrons. The standard InChI is InChI=1S/C15H12F2N2O3S/c1-9-2-3-10(19(21)22)6-14(9)18-15(20)8-23-11-4-5-12(16)13(17)7-11/h2-7H,8H2,1H3,(H,18,20). The number of nitro benzene ring substituents is 1. The number of amides is 1. The molecule has 2 aromatic carbocycles.